The summed E-state index contributed by atoms with van der Waals surface area (Å²) >= 11 is 0. The third-order valence-electron chi connectivity index (χ3n) is 5.38. The summed E-state index contributed by atoms with van der Waals surface area (Å²) in [5, 5.41) is 4.91. The fourth-order valence-corrected chi connectivity index (χ4v) is 4.25. The molecule has 0 aliphatic rings. The van der Waals surface area contributed by atoms with Gasteiger partial charge in [0.25, 0.3) is 0 Å². The van der Waals surface area contributed by atoms with Crippen molar-refractivity contribution in [2.75, 3.05) is 5.32 Å². The average Bonchev–Trinajstić information content (AvgIpc) is 2.85. The van der Waals surface area contributed by atoms with Gasteiger partial charge in [-0.3, -0.25) is 0 Å². The summed E-state index contributed by atoms with van der Waals surface area (Å²) in [5.74, 6) is -0.860. The van der Waals surface area contributed by atoms with E-state index in [9.17, 15) is 35.6 Å². The van der Waals surface area contributed by atoms with Gasteiger partial charge in [-0.25, -0.2) is 23.7 Å². The van der Waals surface area contributed by atoms with Crippen LogP contribution in [0.2, 0.25) is 0 Å². The predicted octanol–water partition coefficient (Wildman–Crippen LogP) is 5.40. The van der Waals surface area contributed by atoms with Crippen LogP contribution in [0.3, 0.4) is 0 Å². The maximum Gasteiger partial charge on any atom is 0.433 e. The van der Waals surface area contributed by atoms with Crippen molar-refractivity contribution in [1.82, 2.24) is 19.7 Å². The second-order valence-electron chi connectivity index (χ2n) is 10.1. The number of alkyl halides is 3. The first-order valence-corrected chi connectivity index (χ1v) is 13.9. The minimum absolute atomic E-state index is 0.0212. The van der Waals surface area contributed by atoms with E-state index in [4.69, 9.17) is 4.74 Å². The number of ether oxygens (including phenoxy) is 1. The number of amides is 3. The summed E-state index contributed by atoms with van der Waals surface area (Å²) < 4.78 is 87.1. The van der Waals surface area contributed by atoms with Crippen LogP contribution in [0.15, 0.2) is 54.6 Å². The quantitative estimate of drug-likeness (QED) is 0.252. The lowest BCUT2D eigenvalue weighted by atomic mass is 10.0. The number of urea groups is 1. The number of nitrogens with one attached hydrogen (secondary N) is 4. The summed E-state index contributed by atoms with van der Waals surface area (Å²) in [4.78, 5) is 27.9. The van der Waals surface area contributed by atoms with E-state index in [1.165, 1.54) is 18.2 Å². The number of carbonyl (C=O) groups excluding carboxylic acids is 2. The second kappa shape index (κ2) is 12.7. The van der Waals surface area contributed by atoms with Gasteiger partial charge in [-0.15, -0.1) is 0 Å². The zero-order valence-corrected chi connectivity index (χ0v) is 23.8. The standard InChI is InChI=1S/C27H29F4N5O5S/c1-16-6-5-7-17(12-16)23-19(9-11-22(35-23)27(29,30)31)14-32-24(37)34-20-10-8-18(21(28)13-20)15-33-42(39,40)36-25(38)41-26(2,3)4/h5-13,33H,14-15H2,1-4H3,(H,36,38)(H2,32,34,37). The van der Waals surface area contributed by atoms with E-state index in [2.05, 4.69) is 15.6 Å². The lowest BCUT2D eigenvalue weighted by Gasteiger charge is -2.19. The number of pyridine rings is 1. The highest BCUT2D eigenvalue weighted by molar-refractivity contribution is 7.88. The molecule has 1 aromatic heterocycles. The molecule has 0 unspecified atom stereocenters. The number of hydrogen-bond donors (Lipinski definition) is 4. The Labute approximate surface area is 240 Å². The number of aryl methyl sites for hydroxylation is 1. The number of benzene rings is 2. The van der Waals surface area contributed by atoms with E-state index in [1.807, 2.05) is 4.72 Å². The van der Waals surface area contributed by atoms with Crippen LogP contribution in [0.4, 0.5) is 32.8 Å². The maximum absolute atomic E-state index is 14.6. The number of halogens is 4. The van der Waals surface area contributed by atoms with Crippen LogP contribution in [-0.4, -0.2) is 31.1 Å². The molecular formula is C27H29F4N5O5S. The van der Waals surface area contributed by atoms with Gasteiger partial charge in [0.2, 0.25) is 0 Å². The van der Waals surface area contributed by atoms with Crippen molar-refractivity contribution in [3.05, 3.63) is 82.8 Å². The van der Waals surface area contributed by atoms with Crippen LogP contribution in [0, 0.1) is 12.7 Å². The largest absolute Gasteiger partial charge is 0.443 e. The van der Waals surface area contributed by atoms with E-state index < -0.39 is 52.2 Å². The summed E-state index contributed by atoms with van der Waals surface area (Å²) in [5.41, 5.74) is -0.467. The molecule has 3 aromatic rings. The van der Waals surface area contributed by atoms with Gasteiger partial charge in [-0.2, -0.15) is 26.3 Å². The Morgan fingerprint density at radius 1 is 0.952 bits per heavy atom. The Kier molecular flexibility index (Phi) is 9.79. The van der Waals surface area contributed by atoms with Gasteiger partial charge in [0.1, 0.15) is 17.1 Å². The molecule has 42 heavy (non-hydrogen) atoms. The van der Waals surface area contributed by atoms with Crippen molar-refractivity contribution in [2.45, 2.75) is 52.6 Å². The molecule has 3 rings (SSSR count). The highest BCUT2D eigenvalue weighted by atomic mass is 32.2. The molecule has 0 radical (unpaired) electrons. The van der Waals surface area contributed by atoms with Crippen molar-refractivity contribution < 1.29 is 40.3 Å². The molecule has 0 saturated carbocycles. The summed E-state index contributed by atoms with van der Waals surface area (Å²) in [6, 6.07) is 11.5. The molecule has 10 nitrogen and oxygen atoms in total. The Balaban J connectivity index is 1.64. The summed E-state index contributed by atoms with van der Waals surface area (Å²) in [6.07, 6.45) is -5.87. The molecule has 0 saturated heterocycles. The van der Waals surface area contributed by atoms with Crippen molar-refractivity contribution in [1.29, 1.82) is 0 Å². The molecular weight excluding hydrogens is 582 g/mol. The van der Waals surface area contributed by atoms with Crippen molar-refractivity contribution >= 4 is 28.0 Å². The number of nitrogens with zero attached hydrogens (tertiary/aromatic N) is 1. The lowest BCUT2D eigenvalue weighted by molar-refractivity contribution is -0.141. The van der Waals surface area contributed by atoms with Crippen molar-refractivity contribution in [3.8, 4) is 11.3 Å². The molecule has 0 atom stereocenters. The highest BCUT2D eigenvalue weighted by Crippen LogP contribution is 2.31. The first-order chi connectivity index (χ1) is 19.4. The van der Waals surface area contributed by atoms with Crippen LogP contribution < -0.4 is 20.1 Å². The smallest absolute Gasteiger partial charge is 0.433 e. The van der Waals surface area contributed by atoms with Crippen LogP contribution in [0.25, 0.3) is 11.3 Å². The zero-order chi connectivity index (χ0) is 31.3. The molecule has 0 aliphatic carbocycles. The number of rotatable bonds is 8. The van der Waals surface area contributed by atoms with Gasteiger partial charge in [0, 0.05) is 29.9 Å². The Morgan fingerprint density at radius 3 is 2.26 bits per heavy atom. The first-order valence-electron chi connectivity index (χ1n) is 12.4. The van der Waals surface area contributed by atoms with E-state index in [1.54, 1.807) is 56.7 Å². The van der Waals surface area contributed by atoms with Crippen molar-refractivity contribution in [3.63, 3.8) is 0 Å². The fourth-order valence-electron chi connectivity index (χ4n) is 3.57. The topological polar surface area (TPSA) is 139 Å². The number of anilines is 1. The summed E-state index contributed by atoms with van der Waals surface area (Å²) in [7, 11) is -4.36. The van der Waals surface area contributed by atoms with Crippen molar-refractivity contribution in [2.24, 2.45) is 0 Å². The van der Waals surface area contributed by atoms with Crippen LogP contribution in [0.5, 0.6) is 0 Å². The van der Waals surface area contributed by atoms with E-state index >= 15 is 0 Å². The van der Waals surface area contributed by atoms with E-state index in [0.717, 1.165) is 17.7 Å². The highest BCUT2D eigenvalue weighted by Gasteiger charge is 2.33. The number of hydrogen-bond acceptors (Lipinski definition) is 6. The molecule has 4 N–H and O–H groups in total. The normalized spacial score (nSPS) is 12.0. The first kappa shape index (κ1) is 32.3. The summed E-state index contributed by atoms with van der Waals surface area (Å²) in [6.45, 7) is 5.72. The van der Waals surface area contributed by atoms with Gasteiger partial charge >= 0.3 is 28.5 Å². The van der Waals surface area contributed by atoms with Gasteiger partial charge in [0.05, 0.1) is 5.69 Å². The molecule has 15 heteroatoms. The number of carbonyl (C=O) groups is 2. The molecule has 1 heterocycles. The molecule has 0 fully saturated rings. The van der Waals surface area contributed by atoms with Crippen LogP contribution in [0.1, 0.15) is 43.2 Å². The molecule has 3 amide bonds. The van der Waals surface area contributed by atoms with Gasteiger partial charge < -0.3 is 15.4 Å². The van der Waals surface area contributed by atoms with Crippen LogP contribution >= 0.6 is 0 Å². The SMILES string of the molecule is Cc1cccc(-c2nc(C(F)(F)F)ccc2CNC(=O)Nc2ccc(CNS(=O)(=O)NC(=O)OC(C)(C)C)c(F)c2)c1. The van der Waals surface area contributed by atoms with Gasteiger partial charge in [-0.05, 0) is 57.5 Å². The second-order valence-corrected chi connectivity index (χ2v) is 11.6. The average molecular weight is 612 g/mol. The third kappa shape index (κ3) is 9.69. The monoisotopic (exact) mass is 611 g/mol. The van der Waals surface area contributed by atoms with Gasteiger partial charge in [-0.1, -0.05) is 35.9 Å². The molecule has 2 aromatic carbocycles. The Hall–Kier alpha value is -4.24. The number of aromatic nitrogens is 1. The minimum Gasteiger partial charge on any atom is -0.443 e. The molecule has 0 bridgehead atoms. The lowest BCUT2D eigenvalue weighted by Crippen LogP contribution is -2.42. The molecule has 0 aliphatic heterocycles. The van der Waals surface area contributed by atoms with E-state index in [0.29, 0.717) is 11.1 Å². The van der Waals surface area contributed by atoms with E-state index in [-0.39, 0.29) is 23.5 Å². The Bertz CT molecular complexity index is 1570. The Morgan fingerprint density at radius 2 is 1.64 bits per heavy atom. The fraction of sp³-hybridized carbons (Fsp3) is 0.296. The molecule has 226 valence electrons. The predicted molar refractivity (Wildman–Crippen MR) is 147 cm³/mol. The van der Waals surface area contributed by atoms with Gasteiger partial charge in [0.15, 0.2) is 0 Å². The zero-order valence-electron chi connectivity index (χ0n) is 23.0. The minimum atomic E-state index is -4.66. The maximum atomic E-state index is 14.6. The third-order valence-corrected chi connectivity index (χ3v) is 6.34. The van der Waals surface area contributed by atoms with Crippen LogP contribution in [-0.2, 0) is 34.2 Å². The molecule has 0 spiro atoms.